The molecule has 0 spiro atoms. The minimum atomic E-state index is -1.20. The normalized spacial score (nSPS) is 21.4. The van der Waals surface area contributed by atoms with Gasteiger partial charge in [-0.3, -0.25) is 19.3 Å². The van der Waals surface area contributed by atoms with Crippen molar-refractivity contribution in [1.29, 1.82) is 0 Å². The van der Waals surface area contributed by atoms with Gasteiger partial charge in [0.1, 0.15) is 5.75 Å². The van der Waals surface area contributed by atoms with Gasteiger partial charge in [-0.2, -0.15) is 0 Å². The lowest BCUT2D eigenvalue weighted by atomic mass is 9.75. The van der Waals surface area contributed by atoms with E-state index in [0.717, 1.165) is 26.1 Å². The van der Waals surface area contributed by atoms with Crippen LogP contribution < -0.4 is 4.74 Å². The van der Waals surface area contributed by atoms with E-state index in [1.54, 1.807) is 31.2 Å². The number of imide groups is 1. The number of likely N-dealkylation sites (tertiary alicyclic amines) is 2. The van der Waals surface area contributed by atoms with Gasteiger partial charge in [-0.1, -0.05) is 18.6 Å². The van der Waals surface area contributed by atoms with E-state index in [1.807, 2.05) is 31.1 Å². The summed E-state index contributed by atoms with van der Waals surface area (Å²) < 4.78 is 5.37. The zero-order chi connectivity index (χ0) is 24.7. The zero-order valence-electron chi connectivity index (χ0n) is 21.2. The van der Waals surface area contributed by atoms with Crippen LogP contribution >= 0.6 is 0 Å². The van der Waals surface area contributed by atoms with E-state index in [1.165, 1.54) is 24.2 Å². The highest BCUT2D eigenvalue weighted by atomic mass is 16.5. The lowest BCUT2D eigenvalue weighted by Gasteiger charge is -2.30. The van der Waals surface area contributed by atoms with E-state index in [2.05, 4.69) is 4.90 Å². The fraction of sp³-hybridized carbons (Fsp3) is 0.654. The molecule has 1 atom stereocenters. The van der Waals surface area contributed by atoms with Gasteiger partial charge in [0.25, 0.3) is 0 Å². The van der Waals surface area contributed by atoms with E-state index < -0.39 is 5.41 Å². The minimum absolute atomic E-state index is 0.000211. The van der Waals surface area contributed by atoms with Crippen LogP contribution in [-0.2, 0) is 19.8 Å². The Morgan fingerprint density at radius 3 is 2.47 bits per heavy atom. The summed E-state index contributed by atoms with van der Waals surface area (Å²) in [5.41, 5.74) is -0.538. The lowest BCUT2D eigenvalue weighted by Crippen LogP contribution is -2.44. The van der Waals surface area contributed by atoms with Gasteiger partial charge in [-0.05, 0) is 70.7 Å². The molecule has 1 aromatic rings. The Hall–Kier alpha value is -2.45. The zero-order valence-corrected chi connectivity index (χ0v) is 21.2. The highest BCUT2D eigenvalue weighted by Gasteiger charge is 2.54. The van der Waals surface area contributed by atoms with Crippen LogP contribution in [0.4, 0.5) is 0 Å². The summed E-state index contributed by atoms with van der Waals surface area (Å²) in [6.45, 7) is 4.78. The number of amides is 3. The molecular weight excluding hydrogens is 432 g/mol. The lowest BCUT2D eigenvalue weighted by molar-refractivity contribution is -0.142. The second kappa shape index (κ2) is 11.8. The van der Waals surface area contributed by atoms with Crippen molar-refractivity contribution in [3.8, 4) is 5.75 Å². The summed E-state index contributed by atoms with van der Waals surface area (Å²) in [6.07, 6.45) is 4.68. The summed E-state index contributed by atoms with van der Waals surface area (Å²) in [6, 6.07) is 7.22. The van der Waals surface area contributed by atoms with Crippen LogP contribution in [0.1, 0.15) is 44.1 Å². The number of carbonyl (C=O) groups is 3. The molecule has 2 aliphatic rings. The monoisotopic (exact) mass is 472 g/mol. The molecule has 0 unspecified atom stereocenters. The molecule has 8 heteroatoms. The van der Waals surface area contributed by atoms with Crippen molar-refractivity contribution in [2.75, 3.05) is 67.5 Å². The van der Waals surface area contributed by atoms with Crippen molar-refractivity contribution in [2.45, 2.75) is 43.9 Å². The van der Waals surface area contributed by atoms with Crippen molar-refractivity contribution in [1.82, 2.24) is 19.6 Å². The van der Waals surface area contributed by atoms with Crippen LogP contribution in [0, 0.1) is 0 Å². The van der Waals surface area contributed by atoms with Gasteiger partial charge >= 0.3 is 0 Å². The van der Waals surface area contributed by atoms with Crippen LogP contribution in [0.3, 0.4) is 0 Å². The van der Waals surface area contributed by atoms with Gasteiger partial charge in [-0.15, -0.1) is 0 Å². The maximum atomic E-state index is 13.7. The summed E-state index contributed by atoms with van der Waals surface area (Å²) in [7, 11) is 7.17. The molecule has 188 valence electrons. The maximum Gasteiger partial charge on any atom is 0.240 e. The quantitative estimate of drug-likeness (QED) is 0.459. The molecular formula is C26H40N4O4. The Bertz CT molecular complexity index is 868. The predicted octanol–water partition coefficient (Wildman–Crippen LogP) is 1.98. The Balaban J connectivity index is 1.75. The molecule has 0 N–H and O–H groups in total. The van der Waals surface area contributed by atoms with E-state index in [4.69, 9.17) is 4.74 Å². The maximum absolute atomic E-state index is 13.7. The average Bonchev–Trinajstić information content (AvgIpc) is 3.07. The highest BCUT2D eigenvalue weighted by Crippen LogP contribution is 2.41. The first-order valence-corrected chi connectivity index (χ1v) is 12.4. The molecule has 0 aromatic heterocycles. The Kier molecular flexibility index (Phi) is 9.08. The van der Waals surface area contributed by atoms with E-state index in [-0.39, 0.29) is 30.6 Å². The van der Waals surface area contributed by atoms with E-state index >= 15 is 0 Å². The van der Waals surface area contributed by atoms with E-state index in [9.17, 15) is 14.4 Å². The van der Waals surface area contributed by atoms with Crippen molar-refractivity contribution >= 4 is 17.7 Å². The second-order valence-electron chi connectivity index (χ2n) is 9.89. The number of piperidine rings is 1. The van der Waals surface area contributed by atoms with Crippen molar-refractivity contribution in [2.24, 2.45) is 0 Å². The third-order valence-corrected chi connectivity index (χ3v) is 7.10. The number of likely N-dealkylation sites (N-methyl/N-ethyl adjacent to an activating group) is 1. The number of benzene rings is 1. The van der Waals surface area contributed by atoms with Crippen LogP contribution in [0.15, 0.2) is 24.3 Å². The first kappa shape index (κ1) is 26.2. The molecule has 0 saturated carbocycles. The van der Waals surface area contributed by atoms with Crippen LogP contribution in [0.2, 0.25) is 0 Å². The number of hydrogen-bond donors (Lipinski definition) is 0. The standard InChI is InChI=1S/C26H40N4O4/c1-27(2)16-17-30-24(32)20-26(25(30)33,21-10-8-11-22(18-21)34-4)19-23(31)28(3)12-9-15-29-13-6-5-7-14-29/h8,10-11,18H,5-7,9,12-17,19-20H2,1-4H3/t26-/m1/s1. The molecule has 2 saturated heterocycles. The summed E-state index contributed by atoms with van der Waals surface area (Å²) in [4.78, 5) is 47.4. The number of ether oxygens (including phenoxy) is 1. The molecule has 0 aliphatic carbocycles. The summed E-state index contributed by atoms with van der Waals surface area (Å²) in [5, 5.41) is 0. The summed E-state index contributed by atoms with van der Waals surface area (Å²) >= 11 is 0. The fourth-order valence-corrected chi connectivity index (χ4v) is 4.95. The van der Waals surface area contributed by atoms with Crippen molar-refractivity contribution < 1.29 is 19.1 Å². The number of carbonyl (C=O) groups excluding carboxylic acids is 3. The van der Waals surface area contributed by atoms with Crippen LogP contribution in [0.25, 0.3) is 0 Å². The topological polar surface area (TPSA) is 73.4 Å². The Morgan fingerprint density at radius 1 is 1.06 bits per heavy atom. The number of methoxy groups -OCH3 is 1. The van der Waals surface area contributed by atoms with Gasteiger partial charge in [0, 0.05) is 39.5 Å². The Morgan fingerprint density at radius 2 is 1.79 bits per heavy atom. The molecule has 8 nitrogen and oxygen atoms in total. The molecule has 3 rings (SSSR count). The second-order valence-corrected chi connectivity index (χ2v) is 9.89. The third kappa shape index (κ3) is 6.16. The highest BCUT2D eigenvalue weighted by molar-refractivity contribution is 6.10. The fourth-order valence-electron chi connectivity index (χ4n) is 4.95. The van der Waals surface area contributed by atoms with Gasteiger partial charge in [-0.25, -0.2) is 0 Å². The molecule has 1 aromatic carbocycles. The van der Waals surface area contributed by atoms with Gasteiger partial charge in [0.05, 0.1) is 12.5 Å². The van der Waals surface area contributed by atoms with Gasteiger partial charge < -0.3 is 19.4 Å². The number of rotatable bonds is 11. The minimum Gasteiger partial charge on any atom is -0.497 e. The van der Waals surface area contributed by atoms with Crippen LogP contribution in [-0.4, -0.2) is 105 Å². The molecule has 2 heterocycles. The SMILES string of the molecule is COc1cccc([C@@]2(CC(=O)N(C)CCCN3CCCCC3)CC(=O)N(CCN(C)C)C2=O)c1. The van der Waals surface area contributed by atoms with Crippen molar-refractivity contribution in [3.05, 3.63) is 29.8 Å². The molecule has 2 fully saturated rings. The molecule has 3 amide bonds. The molecule has 2 aliphatic heterocycles. The Labute approximate surface area is 203 Å². The average molecular weight is 473 g/mol. The number of nitrogens with zero attached hydrogens (tertiary/aromatic N) is 4. The van der Waals surface area contributed by atoms with Crippen LogP contribution in [0.5, 0.6) is 5.75 Å². The smallest absolute Gasteiger partial charge is 0.240 e. The predicted molar refractivity (Wildman–Crippen MR) is 132 cm³/mol. The van der Waals surface area contributed by atoms with Crippen molar-refractivity contribution in [3.63, 3.8) is 0 Å². The van der Waals surface area contributed by atoms with Gasteiger partial charge in [0.2, 0.25) is 17.7 Å². The molecule has 0 bridgehead atoms. The van der Waals surface area contributed by atoms with E-state index in [0.29, 0.717) is 30.9 Å². The first-order chi connectivity index (χ1) is 16.3. The third-order valence-electron chi connectivity index (χ3n) is 7.10. The summed E-state index contributed by atoms with van der Waals surface area (Å²) in [5.74, 6) is -0.0267. The molecule has 0 radical (unpaired) electrons. The molecule has 34 heavy (non-hydrogen) atoms. The number of hydrogen-bond acceptors (Lipinski definition) is 6. The first-order valence-electron chi connectivity index (χ1n) is 12.4. The van der Waals surface area contributed by atoms with Gasteiger partial charge in [0.15, 0.2) is 0 Å². The largest absolute Gasteiger partial charge is 0.497 e.